The van der Waals surface area contributed by atoms with E-state index in [1.807, 2.05) is 26.0 Å². The highest BCUT2D eigenvalue weighted by molar-refractivity contribution is 5.86. The lowest BCUT2D eigenvalue weighted by atomic mass is 9.95. The summed E-state index contributed by atoms with van der Waals surface area (Å²) in [7, 11) is 0. The van der Waals surface area contributed by atoms with E-state index >= 15 is 0 Å². The van der Waals surface area contributed by atoms with Crippen molar-refractivity contribution in [1.82, 2.24) is 4.90 Å². The molecule has 1 fully saturated rings. The van der Waals surface area contributed by atoms with Crippen LogP contribution in [-0.4, -0.2) is 54.3 Å². The Balaban J connectivity index is 1.84. The van der Waals surface area contributed by atoms with E-state index in [0.717, 1.165) is 22.4 Å². The molecule has 2 atom stereocenters. The monoisotopic (exact) mass is 319 g/mol. The quantitative estimate of drug-likeness (QED) is 0.913. The molecule has 2 aliphatic rings. The molecule has 1 aromatic carbocycles. The zero-order valence-corrected chi connectivity index (χ0v) is 13.4. The van der Waals surface area contributed by atoms with Gasteiger partial charge in [0.15, 0.2) is 0 Å². The van der Waals surface area contributed by atoms with Crippen molar-refractivity contribution in [2.75, 3.05) is 26.4 Å². The number of hydrogen-bond acceptors (Lipinski definition) is 4. The normalized spacial score (nSPS) is 23.3. The van der Waals surface area contributed by atoms with E-state index in [1.165, 1.54) is 0 Å². The van der Waals surface area contributed by atoms with Gasteiger partial charge < -0.3 is 19.5 Å². The summed E-state index contributed by atoms with van der Waals surface area (Å²) in [6.45, 7) is 5.47. The first-order valence-corrected chi connectivity index (χ1v) is 7.81. The van der Waals surface area contributed by atoms with Gasteiger partial charge in [0, 0.05) is 12.1 Å². The van der Waals surface area contributed by atoms with Crippen molar-refractivity contribution in [2.45, 2.75) is 32.2 Å². The van der Waals surface area contributed by atoms with Crippen molar-refractivity contribution in [2.24, 2.45) is 0 Å². The third-order valence-corrected chi connectivity index (χ3v) is 4.63. The first kappa shape index (κ1) is 15.8. The lowest BCUT2D eigenvalue weighted by Crippen LogP contribution is -2.51. The predicted octanol–water partition coefficient (Wildman–Crippen LogP) is 1.48. The molecule has 1 aromatic rings. The lowest BCUT2D eigenvalue weighted by molar-refractivity contribution is -0.147. The van der Waals surface area contributed by atoms with Crippen LogP contribution in [-0.2, 0) is 14.3 Å². The van der Waals surface area contributed by atoms with Gasteiger partial charge in [0.05, 0.1) is 25.7 Å². The third kappa shape index (κ3) is 3.03. The van der Waals surface area contributed by atoms with Crippen molar-refractivity contribution in [3.05, 3.63) is 28.8 Å². The number of morpholine rings is 1. The van der Waals surface area contributed by atoms with Crippen LogP contribution in [0.15, 0.2) is 12.1 Å². The van der Waals surface area contributed by atoms with Crippen molar-refractivity contribution in [3.63, 3.8) is 0 Å². The highest BCUT2D eigenvalue weighted by Gasteiger charge is 2.38. The smallest absolute Gasteiger partial charge is 0.305 e. The number of amides is 1. The highest BCUT2D eigenvalue weighted by Crippen LogP contribution is 2.37. The van der Waals surface area contributed by atoms with Crippen molar-refractivity contribution >= 4 is 11.9 Å². The second kappa shape index (κ2) is 6.20. The highest BCUT2D eigenvalue weighted by atomic mass is 16.5. The van der Waals surface area contributed by atoms with Crippen molar-refractivity contribution in [3.8, 4) is 5.75 Å². The number of nitrogens with zero attached hydrogens (tertiary/aromatic N) is 1. The maximum absolute atomic E-state index is 12.9. The molecule has 2 aliphatic heterocycles. The van der Waals surface area contributed by atoms with Crippen LogP contribution in [0.5, 0.6) is 5.75 Å². The molecular formula is C17H21NO5. The van der Waals surface area contributed by atoms with Gasteiger partial charge in [-0.15, -0.1) is 0 Å². The van der Waals surface area contributed by atoms with Gasteiger partial charge in [0.2, 0.25) is 5.91 Å². The second-order valence-electron chi connectivity index (χ2n) is 6.20. The molecule has 0 spiro atoms. The van der Waals surface area contributed by atoms with E-state index in [9.17, 15) is 9.59 Å². The average Bonchev–Trinajstić information content (AvgIpc) is 2.90. The largest absolute Gasteiger partial charge is 0.492 e. The van der Waals surface area contributed by atoms with Gasteiger partial charge in [-0.3, -0.25) is 9.59 Å². The molecule has 6 nitrogen and oxygen atoms in total. The molecule has 0 aliphatic carbocycles. The molecule has 0 aromatic heterocycles. The molecule has 3 rings (SSSR count). The van der Waals surface area contributed by atoms with E-state index in [2.05, 4.69) is 0 Å². The van der Waals surface area contributed by atoms with Gasteiger partial charge in [0.25, 0.3) is 0 Å². The molecule has 1 saturated heterocycles. The number of benzene rings is 1. The van der Waals surface area contributed by atoms with Crippen LogP contribution in [0.1, 0.15) is 29.0 Å². The number of carbonyl (C=O) groups excluding carboxylic acids is 1. The second-order valence-corrected chi connectivity index (χ2v) is 6.20. The van der Waals surface area contributed by atoms with Gasteiger partial charge in [-0.1, -0.05) is 6.07 Å². The number of ether oxygens (including phenoxy) is 2. The fourth-order valence-corrected chi connectivity index (χ4v) is 3.19. The van der Waals surface area contributed by atoms with E-state index in [-0.39, 0.29) is 24.9 Å². The van der Waals surface area contributed by atoms with Crippen LogP contribution in [0.2, 0.25) is 0 Å². The number of carboxylic acids is 1. The summed E-state index contributed by atoms with van der Waals surface area (Å²) in [6.07, 6.45) is -0.0981. The summed E-state index contributed by atoms with van der Waals surface area (Å²) in [6, 6.07) is 3.56. The Hall–Kier alpha value is -2.08. The van der Waals surface area contributed by atoms with Gasteiger partial charge in [-0.05, 0) is 31.0 Å². The Bertz CT molecular complexity index is 642. The van der Waals surface area contributed by atoms with Crippen LogP contribution < -0.4 is 4.74 Å². The molecule has 0 radical (unpaired) electrons. The van der Waals surface area contributed by atoms with Crippen LogP contribution >= 0.6 is 0 Å². The summed E-state index contributed by atoms with van der Waals surface area (Å²) < 4.78 is 11.0. The number of fused-ring (bicyclic) bond motifs is 1. The lowest BCUT2D eigenvalue weighted by Gasteiger charge is -2.36. The van der Waals surface area contributed by atoms with Gasteiger partial charge in [-0.25, -0.2) is 0 Å². The molecule has 23 heavy (non-hydrogen) atoms. The van der Waals surface area contributed by atoms with E-state index < -0.39 is 12.0 Å². The number of carboxylic acid groups (broad SMARTS) is 1. The zero-order valence-electron chi connectivity index (χ0n) is 13.4. The number of hydrogen-bond donors (Lipinski definition) is 1. The van der Waals surface area contributed by atoms with Crippen LogP contribution in [0.25, 0.3) is 0 Å². The fraction of sp³-hybridized carbons (Fsp3) is 0.529. The number of aryl methyl sites for hydroxylation is 2. The zero-order chi connectivity index (χ0) is 16.6. The molecule has 6 heteroatoms. The van der Waals surface area contributed by atoms with Crippen LogP contribution in [0.4, 0.5) is 0 Å². The molecule has 0 saturated carbocycles. The van der Waals surface area contributed by atoms with E-state index in [0.29, 0.717) is 19.8 Å². The van der Waals surface area contributed by atoms with Gasteiger partial charge in [0.1, 0.15) is 18.3 Å². The standard InChI is InChI=1S/C17H21NO5/c1-10-5-13-14(9-23-15(13)6-11(10)2)17(21)18-3-4-22-8-12(18)7-16(19)20/h5-6,12,14H,3-4,7-9H2,1-2H3,(H,19,20). The number of aliphatic carboxylic acids is 1. The molecule has 1 amide bonds. The third-order valence-electron chi connectivity index (χ3n) is 4.63. The van der Waals surface area contributed by atoms with Gasteiger partial charge in [-0.2, -0.15) is 0 Å². The fourth-order valence-electron chi connectivity index (χ4n) is 3.19. The Kier molecular flexibility index (Phi) is 4.26. The summed E-state index contributed by atoms with van der Waals surface area (Å²) in [5.74, 6) is -0.595. The summed E-state index contributed by atoms with van der Waals surface area (Å²) in [5.41, 5.74) is 3.15. The predicted molar refractivity (Wildman–Crippen MR) is 82.7 cm³/mol. The van der Waals surface area contributed by atoms with Crippen LogP contribution in [0, 0.1) is 13.8 Å². The minimum absolute atomic E-state index is 0.0680. The number of carbonyl (C=O) groups is 2. The van der Waals surface area contributed by atoms with E-state index in [4.69, 9.17) is 14.6 Å². The van der Waals surface area contributed by atoms with E-state index in [1.54, 1.807) is 4.90 Å². The SMILES string of the molecule is Cc1cc2c(cc1C)C(C(=O)N1CCOCC1CC(=O)O)CO2. The molecule has 2 unspecified atom stereocenters. The summed E-state index contributed by atoms with van der Waals surface area (Å²) in [4.78, 5) is 25.6. The molecule has 1 N–H and O–H groups in total. The Labute approximate surface area is 135 Å². The summed E-state index contributed by atoms with van der Waals surface area (Å²) >= 11 is 0. The van der Waals surface area contributed by atoms with Crippen molar-refractivity contribution in [1.29, 1.82) is 0 Å². The summed E-state index contributed by atoms with van der Waals surface area (Å²) in [5, 5.41) is 9.04. The van der Waals surface area contributed by atoms with Crippen molar-refractivity contribution < 1.29 is 24.2 Å². The average molecular weight is 319 g/mol. The maximum atomic E-state index is 12.9. The topological polar surface area (TPSA) is 76.1 Å². The van der Waals surface area contributed by atoms with Crippen LogP contribution in [0.3, 0.4) is 0 Å². The molecule has 0 bridgehead atoms. The first-order valence-electron chi connectivity index (χ1n) is 7.81. The molecule has 2 heterocycles. The van der Waals surface area contributed by atoms with Gasteiger partial charge >= 0.3 is 5.97 Å². The first-order chi connectivity index (χ1) is 11.0. The Morgan fingerprint density at radius 3 is 2.74 bits per heavy atom. The number of rotatable bonds is 3. The molecular weight excluding hydrogens is 298 g/mol. The Morgan fingerprint density at radius 1 is 1.26 bits per heavy atom. The minimum atomic E-state index is -0.923. The maximum Gasteiger partial charge on any atom is 0.305 e. The minimum Gasteiger partial charge on any atom is -0.492 e. The Morgan fingerprint density at radius 2 is 2.00 bits per heavy atom. The molecule has 124 valence electrons.